The van der Waals surface area contributed by atoms with Gasteiger partial charge in [-0.25, -0.2) is 9.67 Å². The number of aliphatic carboxylic acids is 1. The largest absolute Gasteiger partial charge is 0.481 e. The first-order valence-electron chi connectivity index (χ1n) is 6.98. The van der Waals surface area contributed by atoms with Crippen LogP contribution in [0, 0.1) is 5.92 Å². The van der Waals surface area contributed by atoms with Crippen molar-refractivity contribution in [2.45, 2.75) is 38.1 Å². The van der Waals surface area contributed by atoms with Crippen molar-refractivity contribution in [3.63, 3.8) is 0 Å². The highest BCUT2D eigenvalue weighted by atomic mass is 16.4. The summed E-state index contributed by atoms with van der Waals surface area (Å²) >= 11 is 0. The number of fused-ring (bicyclic) bond motifs is 1. The molecule has 104 valence electrons. The lowest BCUT2D eigenvalue weighted by Crippen LogP contribution is -2.29. The van der Waals surface area contributed by atoms with Gasteiger partial charge in [0.05, 0.1) is 12.5 Å². The Morgan fingerprint density at radius 2 is 2.05 bits per heavy atom. The van der Waals surface area contributed by atoms with Gasteiger partial charge in [0.15, 0.2) is 5.82 Å². The van der Waals surface area contributed by atoms with Crippen molar-refractivity contribution >= 4 is 5.97 Å². The van der Waals surface area contributed by atoms with Gasteiger partial charge in [-0.15, -0.1) is 0 Å². The molecule has 2 aliphatic heterocycles. The minimum Gasteiger partial charge on any atom is -0.481 e. The summed E-state index contributed by atoms with van der Waals surface area (Å²) in [6.07, 6.45) is 3.61. The average molecular weight is 264 g/mol. The monoisotopic (exact) mass is 264 g/mol. The molecule has 1 aromatic rings. The third-order valence-electron chi connectivity index (χ3n) is 4.31. The number of carboxylic acids is 1. The lowest BCUT2D eigenvalue weighted by atomic mass is 9.96. The number of likely N-dealkylation sites (tertiary alicyclic amines) is 1. The number of aromatic nitrogens is 3. The summed E-state index contributed by atoms with van der Waals surface area (Å²) in [4.78, 5) is 18.0. The second-order valence-corrected chi connectivity index (χ2v) is 5.72. The Bertz CT molecular complexity index is 477. The van der Waals surface area contributed by atoms with E-state index in [-0.39, 0.29) is 5.92 Å². The van der Waals surface area contributed by atoms with E-state index in [1.165, 1.54) is 0 Å². The molecule has 6 nitrogen and oxygen atoms in total. The molecule has 1 atom stereocenters. The van der Waals surface area contributed by atoms with Crippen LogP contribution < -0.4 is 0 Å². The Morgan fingerprint density at radius 3 is 2.74 bits per heavy atom. The Morgan fingerprint density at radius 1 is 1.32 bits per heavy atom. The maximum Gasteiger partial charge on any atom is 0.308 e. The molecule has 0 saturated carbocycles. The van der Waals surface area contributed by atoms with Crippen LogP contribution in [0.15, 0.2) is 0 Å². The van der Waals surface area contributed by atoms with E-state index in [1.807, 2.05) is 4.68 Å². The predicted octanol–water partition coefficient (Wildman–Crippen LogP) is 0.734. The number of aryl methyl sites for hydroxylation is 1. The molecule has 19 heavy (non-hydrogen) atoms. The molecule has 0 radical (unpaired) electrons. The van der Waals surface area contributed by atoms with Gasteiger partial charge in [0.1, 0.15) is 5.82 Å². The summed E-state index contributed by atoms with van der Waals surface area (Å²) in [5, 5.41) is 13.6. The molecule has 0 amide bonds. The maximum absolute atomic E-state index is 11.0. The van der Waals surface area contributed by atoms with Gasteiger partial charge in [-0.3, -0.25) is 4.79 Å². The van der Waals surface area contributed by atoms with Crippen LogP contribution in [0.4, 0.5) is 0 Å². The number of hydrogen-bond acceptors (Lipinski definition) is 4. The molecule has 0 spiro atoms. The molecule has 2 aliphatic rings. The summed E-state index contributed by atoms with van der Waals surface area (Å²) < 4.78 is 1.82. The van der Waals surface area contributed by atoms with Gasteiger partial charge in [-0.1, -0.05) is 0 Å². The summed E-state index contributed by atoms with van der Waals surface area (Å²) in [6.45, 7) is 2.66. The van der Waals surface area contributed by atoms with Crippen LogP contribution in [-0.4, -0.2) is 50.9 Å². The number of carbonyl (C=O) groups is 1. The summed E-state index contributed by atoms with van der Waals surface area (Å²) in [7, 11) is 2.14. The molecule has 0 aromatic carbocycles. The zero-order valence-electron chi connectivity index (χ0n) is 11.2. The van der Waals surface area contributed by atoms with E-state index in [0.717, 1.165) is 44.0 Å². The Hall–Kier alpha value is -1.43. The molecule has 0 aliphatic carbocycles. The van der Waals surface area contributed by atoms with Crippen LogP contribution in [0.1, 0.15) is 36.8 Å². The summed E-state index contributed by atoms with van der Waals surface area (Å²) in [6, 6.07) is 0. The zero-order valence-corrected chi connectivity index (χ0v) is 11.2. The highest BCUT2D eigenvalue weighted by molar-refractivity contribution is 5.70. The van der Waals surface area contributed by atoms with E-state index in [4.69, 9.17) is 5.11 Å². The normalized spacial score (nSPS) is 25.2. The SMILES string of the molecule is CN1CCC(c2nc3n(n2)CC(C(=O)O)CC3)CC1. The minimum absolute atomic E-state index is 0.306. The maximum atomic E-state index is 11.0. The first-order chi connectivity index (χ1) is 9.13. The molecular formula is C13H20N4O2. The van der Waals surface area contributed by atoms with Crippen molar-refractivity contribution in [1.29, 1.82) is 0 Å². The van der Waals surface area contributed by atoms with Crippen molar-refractivity contribution in [2.75, 3.05) is 20.1 Å². The van der Waals surface area contributed by atoms with Gasteiger partial charge in [-0.05, 0) is 39.4 Å². The third kappa shape index (κ3) is 2.49. The van der Waals surface area contributed by atoms with Gasteiger partial charge >= 0.3 is 5.97 Å². The number of carboxylic acid groups (broad SMARTS) is 1. The lowest BCUT2D eigenvalue weighted by Gasteiger charge is -2.27. The van der Waals surface area contributed by atoms with E-state index in [9.17, 15) is 4.79 Å². The molecule has 6 heteroatoms. The van der Waals surface area contributed by atoms with Crippen molar-refractivity contribution in [3.05, 3.63) is 11.6 Å². The molecule has 1 saturated heterocycles. The Kier molecular flexibility index (Phi) is 3.26. The smallest absolute Gasteiger partial charge is 0.308 e. The van der Waals surface area contributed by atoms with E-state index >= 15 is 0 Å². The van der Waals surface area contributed by atoms with Crippen LogP contribution in [-0.2, 0) is 17.8 Å². The highest BCUT2D eigenvalue weighted by Gasteiger charge is 2.29. The first kappa shape index (κ1) is 12.6. The molecular weight excluding hydrogens is 244 g/mol. The molecule has 1 aromatic heterocycles. The highest BCUT2D eigenvalue weighted by Crippen LogP contribution is 2.27. The topological polar surface area (TPSA) is 71.2 Å². The van der Waals surface area contributed by atoms with Crippen molar-refractivity contribution in [2.24, 2.45) is 5.92 Å². The Balaban J connectivity index is 1.74. The van der Waals surface area contributed by atoms with Crippen molar-refractivity contribution < 1.29 is 9.90 Å². The van der Waals surface area contributed by atoms with Gasteiger partial charge in [0, 0.05) is 12.3 Å². The molecule has 1 N–H and O–H groups in total. The fourth-order valence-corrected chi connectivity index (χ4v) is 2.97. The van der Waals surface area contributed by atoms with E-state index in [0.29, 0.717) is 18.9 Å². The Labute approximate surface area is 112 Å². The molecule has 0 bridgehead atoms. The number of rotatable bonds is 2. The fraction of sp³-hybridized carbons (Fsp3) is 0.769. The number of nitrogens with zero attached hydrogens (tertiary/aromatic N) is 4. The predicted molar refractivity (Wildman–Crippen MR) is 68.9 cm³/mol. The lowest BCUT2D eigenvalue weighted by molar-refractivity contribution is -0.142. The second kappa shape index (κ2) is 4.92. The van der Waals surface area contributed by atoms with E-state index in [1.54, 1.807) is 0 Å². The number of piperidine rings is 1. The van der Waals surface area contributed by atoms with Crippen LogP contribution in [0.25, 0.3) is 0 Å². The molecule has 1 fully saturated rings. The van der Waals surface area contributed by atoms with Crippen molar-refractivity contribution in [3.8, 4) is 0 Å². The zero-order chi connectivity index (χ0) is 13.4. The van der Waals surface area contributed by atoms with Gasteiger partial charge in [0.25, 0.3) is 0 Å². The second-order valence-electron chi connectivity index (χ2n) is 5.72. The van der Waals surface area contributed by atoms with Crippen LogP contribution in [0.3, 0.4) is 0 Å². The number of hydrogen-bond donors (Lipinski definition) is 1. The van der Waals surface area contributed by atoms with Crippen LogP contribution in [0.5, 0.6) is 0 Å². The van der Waals surface area contributed by atoms with Crippen molar-refractivity contribution in [1.82, 2.24) is 19.7 Å². The summed E-state index contributed by atoms with van der Waals surface area (Å²) in [5.74, 6) is 1.31. The molecule has 1 unspecified atom stereocenters. The van der Waals surface area contributed by atoms with E-state index in [2.05, 4.69) is 22.0 Å². The van der Waals surface area contributed by atoms with E-state index < -0.39 is 5.97 Å². The quantitative estimate of drug-likeness (QED) is 0.853. The fourth-order valence-electron chi connectivity index (χ4n) is 2.97. The standard InChI is InChI=1S/C13H20N4O2/c1-16-6-4-9(5-7-16)12-14-11-3-2-10(13(18)19)8-17(11)15-12/h9-10H,2-8H2,1H3,(H,18,19). The van der Waals surface area contributed by atoms with Gasteiger partial charge in [-0.2, -0.15) is 5.10 Å². The minimum atomic E-state index is -0.720. The molecule has 3 heterocycles. The van der Waals surface area contributed by atoms with Gasteiger partial charge < -0.3 is 10.0 Å². The van der Waals surface area contributed by atoms with Crippen LogP contribution >= 0.6 is 0 Å². The molecule has 3 rings (SSSR count). The van der Waals surface area contributed by atoms with Crippen LogP contribution in [0.2, 0.25) is 0 Å². The third-order valence-corrected chi connectivity index (χ3v) is 4.31. The average Bonchev–Trinajstić information content (AvgIpc) is 2.82. The first-order valence-corrected chi connectivity index (χ1v) is 6.98. The summed E-state index contributed by atoms with van der Waals surface area (Å²) in [5.41, 5.74) is 0. The van der Waals surface area contributed by atoms with Gasteiger partial charge in [0.2, 0.25) is 0 Å².